The minimum absolute atomic E-state index is 0. The molecule has 15 heavy (non-hydrogen) atoms. The average molecular weight is 230 g/mol. The molecule has 0 radical (unpaired) electrons. The molecule has 0 aromatic heterocycles. The number of hydrogen-bond acceptors (Lipinski definition) is 4. The van der Waals surface area contributed by atoms with Crippen molar-refractivity contribution in [1.29, 1.82) is 0 Å². The smallest absolute Gasteiger partial charge is 0.0968 e. The summed E-state index contributed by atoms with van der Waals surface area (Å²) in [4.78, 5) is 0. The Bertz CT molecular complexity index is 358. The molecule has 0 aliphatic rings. The highest BCUT2D eigenvalue weighted by molar-refractivity contribution is 7.85. The Labute approximate surface area is 90.6 Å². The van der Waals surface area contributed by atoms with Crippen LogP contribution in [0.2, 0.25) is 0 Å². The zero-order valence-electron chi connectivity index (χ0n) is 8.55. The quantitative estimate of drug-likeness (QED) is 0.433. The van der Waals surface area contributed by atoms with E-state index in [2.05, 4.69) is 0 Å². The maximum Gasteiger partial charge on any atom is 0.0968 e. The Morgan fingerprint density at radius 1 is 1.20 bits per heavy atom. The summed E-state index contributed by atoms with van der Waals surface area (Å²) in [5.41, 5.74) is 0.954. The molecule has 0 atom stereocenters. The fourth-order valence-electron chi connectivity index (χ4n) is 0.925. The first kappa shape index (κ1) is 14.0. The molecular formula is C10H14O4S. The summed E-state index contributed by atoms with van der Waals surface area (Å²) in [6.07, 6.45) is 0. The molecule has 0 spiro atoms. The number of benzene rings is 1. The van der Waals surface area contributed by atoms with E-state index in [1.807, 2.05) is 30.3 Å². The fraction of sp³-hybridized carbons (Fsp3) is 0.300. The van der Waals surface area contributed by atoms with E-state index in [9.17, 15) is 13.0 Å². The monoisotopic (exact) mass is 230 g/mol. The predicted molar refractivity (Wildman–Crippen MR) is 57.1 cm³/mol. The molecule has 0 saturated carbocycles. The van der Waals surface area contributed by atoms with Crippen LogP contribution in [0, 0.1) is 7.43 Å². The molecule has 0 bridgehead atoms. The van der Waals surface area contributed by atoms with Crippen LogP contribution in [0.5, 0.6) is 0 Å². The fourth-order valence-corrected chi connectivity index (χ4v) is 1.25. The van der Waals surface area contributed by atoms with Crippen molar-refractivity contribution >= 4 is 10.1 Å². The average Bonchev–Trinajstić information content (AvgIpc) is 2.13. The van der Waals surface area contributed by atoms with Crippen molar-refractivity contribution in [2.45, 2.75) is 6.61 Å². The second-order valence-corrected chi connectivity index (χ2v) is 4.32. The molecule has 4 nitrogen and oxygen atoms in total. The van der Waals surface area contributed by atoms with Crippen LogP contribution >= 0.6 is 0 Å². The van der Waals surface area contributed by atoms with Crippen LogP contribution < -0.4 is 0 Å². The highest BCUT2D eigenvalue weighted by Gasteiger charge is 1.95. The van der Waals surface area contributed by atoms with Crippen molar-refractivity contribution in [3.63, 3.8) is 0 Å². The van der Waals surface area contributed by atoms with Crippen LogP contribution in [0.4, 0.5) is 0 Å². The molecule has 0 N–H and O–H groups in total. The molecule has 0 saturated heterocycles. The zero-order chi connectivity index (χ0) is 10.4. The van der Waals surface area contributed by atoms with Gasteiger partial charge in [0.05, 0.1) is 29.1 Å². The summed E-state index contributed by atoms with van der Waals surface area (Å²) < 4.78 is 35.6. The number of hydrogen-bond donors (Lipinski definition) is 0. The third kappa shape index (κ3) is 6.96. The molecule has 84 valence electrons. The highest BCUT2D eigenvalue weighted by Crippen LogP contribution is 2.00. The molecule has 0 aliphatic carbocycles. The van der Waals surface area contributed by atoms with E-state index in [-0.39, 0.29) is 14.0 Å². The first-order valence-corrected chi connectivity index (χ1v) is 5.71. The van der Waals surface area contributed by atoms with Crippen molar-refractivity contribution in [2.24, 2.45) is 0 Å². The van der Waals surface area contributed by atoms with Crippen LogP contribution in [0.1, 0.15) is 5.56 Å². The van der Waals surface area contributed by atoms with Crippen molar-refractivity contribution in [3.05, 3.63) is 43.3 Å². The van der Waals surface area contributed by atoms with Gasteiger partial charge in [-0.15, -0.1) is 0 Å². The Morgan fingerprint density at radius 2 is 1.80 bits per heavy atom. The predicted octanol–water partition coefficient (Wildman–Crippen LogP) is 1.20. The van der Waals surface area contributed by atoms with Crippen LogP contribution in [-0.2, 0) is 21.5 Å². The molecule has 1 aromatic carbocycles. The lowest BCUT2D eigenvalue weighted by Gasteiger charge is -2.07. The summed E-state index contributed by atoms with van der Waals surface area (Å²) in [6, 6.07) is 9.34. The van der Waals surface area contributed by atoms with Crippen molar-refractivity contribution in [2.75, 3.05) is 12.4 Å². The second-order valence-electron chi connectivity index (χ2n) is 2.80. The SMILES string of the molecule is O=S(=O)([O-])CCOCc1ccccc1.[CH3+]. The van der Waals surface area contributed by atoms with Gasteiger partial charge >= 0.3 is 0 Å². The third-order valence-electron chi connectivity index (χ3n) is 1.59. The minimum Gasteiger partial charge on any atom is -0.748 e. The Morgan fingerprint density at radius 3 is 2.33 bits per heavy atom. The standard InChI is InChI=1S/C9H12O4S.CH3/c10-14(11,12)7-6-13-8-9-4-2-1-3-5-9;/h1-5H,6-8H2,(H,10,11,12);1H3/q;+1/p-1. The topological polar surface area (TPSA) is 66.4 Å². The number of ether oxygens (including phenoxy) is 1. The normalized spacial score (nSPS) is 10.7. The molecular weight excluding hydrogens is 216 g/mol. The van der Waals surface area contributed by atoms with Crippen LogP contribution in [-0.4, -0.2) is 25.3 Å². The van der Waals surface area contributed by atoms with Crippen LogP contribution in [0.3, 0.4) is 0 Å². The van der Waals surface area contributed by atoms with Gasteiger partial charge in [0.2, 0.25) is 0 Å². The lowest BCUT2D eigenvalue weighted by Crippen LogP contribution is -2.10. The van der Waals surface area contributed by atoms with E-state index in [4.69, 9.17) is 4.74 Å². The van der Waals surface area contributed by atoms with Gasteiger partial charge in [-0.3, -0.25) is 0 Å². The van der Waals surface area contributed by atoms with Crippen molar-refractivity contribution in [3.8, 4) is 0 Å². The zero-order valence-corrected chi connectivity index (χ0v) is 9.37. The summed E-state index contributed by atoms with van der Waals surface area (Å²) in [5.74, 6) is -0.472. The van der Waals surface area contributed by atoms with Gasteiger partial charge in [0.25, 0.3) is 0 Å². The maximum atomic E-state index is 10.2. The third-order valence-corrected chi connectivity index (χ3v) is 2.26. The molecule has 0 fully saturated rings. The summed E-state index contributed by atoms with van der Waals surface area (Å²) in [7, 11) is -4.15. The van der Waals surface area contributed by atoms with Crippen molar-refractivity contribution in [1.82, 2.24) is 0 Å². The van der Waals surface area contributed by atoms with Gasteiger partial charge in [0, 0.05) is 7.43 Å². The second kappa shape index (κ2) is 6.44. The van der Waals surface area contributed by atoms with Gasteiger partial charge < -0.3 is 9.29 Å². The molecule has 1 aromatic rings. The Kier molecular flexibility index (Phi) is 6.00. The highest BCUT2D eigenvalue weighted by atomic mass is 32.2. The molecule has 1 rings (SSSR count). The van der Waals surface area contributed by atoms with E-state index in [0.29, 0.717) is 6.61 Å². The largest absolute Gasteiger partial charge is 0.748 e. The molecule has 0 unspecified atom stereocenters. The lowest BCUT2D eigenvalue weighted by molar-refractivity contribution is 0.134. The van der Waals surface area contributed by atoms with Gasteiger partial charge in [0.1, 0.15) is 0 Å². The molecule has 5 heteroatoms. The number of rotatable bonds is 5. The van der Waals surface area contributed by atoms with Gasteiger partial charge in [-0.25, -0.2) is 8.42 Å². The van der Waals surface area contributed by atoms with Crippen LogP contribution in [0.25, 0.3) is 0 Å². The first-order chi connectivity index (χ1) is 6.58. The van der Waals surface area contributed by atoms with Gasteiger partial charge in [-0.2, -0.15) is 0 Å². The van der Waals surface area contributed by atoms with Gasteiger partial charge in [0.15, 0.2) is 0 Å². The summed E-state index contributed by atoms with van der Waals surface area (Å²) in [5, 5.41) is 0. The van der Waals surface area contributed by atoms with Crippen LogP contribution in [0.15, 0.2) is 30.3 Å². The van der Waals surface area contributed by atoms with E-state index in [1.165, 1.54) is 0 Å². The Hall–Kier alpha value is -1.04. The van der Waals surface area contributed by atoms with Crippen molar-refractivity contribution < 1.29 is 17.7 Å². The lowest BCUT2D eigenvalue weighted by atomic mass is 10.2. The molecule has 0 heterocycles. The molecule has 0 amide bonds. The Balaban J connectivity index is 0.00000196. The van der Waals surface area contributed by atoms with Gasteiger partial charge in [-0.1, -0.05) is 30.3 Å². The minimum atomic E-state index is -4.15. The van der Waals surface area contributed by atoms with E-state index < -0.39 is 15.9 Å². The summed E-state index contributed by atoms with van der Waals surface area (Å²) in [6.45, 7) is 0.275. The maximum absolute atomic E-state index is 10.2. The summed E-state index contributed by atoms with van der Waals surface area (Å²) >= 11 is 0. The van der Waals surface area contributed by atoms with E-state index in [0.717, 1.165) is 5.56 Å². The molecule has 0 aliphatic heterocycles. The van der Waals surface area contributed by atoms with E-state index >= 15 is 0 Å². The first-order valence-electron chi connectivity index (χ1n) is 4.13. The van der Waals surface area contributed by atoms with Gasteiger partial charge in [-0.05, 0) is 5.56 Å². The van der Waals surface area contributed by atoms with E-state index in [1.54, 1.807) is 0 Å².